The van der Waals surface area contributed by atoms with Crippen molar-refractivity contribution >= 4 is 5.91 Å². The van der Waals surface area contributed by atoms with E-state index in [0.29, 0.717) is 12.2 Å². The number of ether oxygens (including phenoxy) is 2. The Balaban J connectivity index is 2.98. The number of carbonyl (C=O) groups excluding carboxylic acids is 1. The summed E-state index contributed by atoms with van der Waals surface area (Å²) >= 11 is 0. The van der Waals surface area contributed by atoms with Gasteiger partial charge in [0.25, 0.3) is 0 Å². The number of amides is 1. The second-order valence-electron chi connectivity index (χ2n) is 3.68. The normalized spacial score (nSPS) is 11.9. The minimum atomic E-state index is -0.314. The first-order valence-corrected chi connectivity index (χ1v) is 5.08. The Bertz CT molecular complexity index is 377. The van der Waals surface area contributed by atoms with Crippen LogP contribution >= 0.6 is 0 Å². The van der Waals surface area contributed by atoms with Crippen LogP contribution in [0.25, 0.3) is 0 Å². The molecular weight excluding hydrogens is 206 g/mol. The van der Waals surface area contributed by atoms with Gasteiger partial charge in [0.1, 0.15) is 11.5 Å². The fraction of sp³-hybridized carbons (Fsp3) is 0.417. The van der Waals surface area contributed by atoms with Crippen LogP contribution in [0.3, 0.4) is 0 Å². The van der Waals surface area contributed by atoms with Crippen molar-refractivity contribution in [2.75, 3.05) is 14.2 Å². The van der Waals surface area contributed by atoms with Gasteiger partial charge in [0.15, 0.2) is 0 Å². The second kappa shape index (κ2) is 5.39. The predicted octanol–water partition coefficient (Wildman–Crippen LogP) is 1.68. The van der Waals surface area contributed by atoms with Gasteiger partial charge in [-0.3, -0.25) is 4.79 Å². The number of rotatable bonds is 5. The van der Waals surface area contributed by atoms with Crippen LogP contribution in [0.2, 0.25) is 0 Å². The summed E-state index contributed by atoms with van der Waals surface area (Å²) in [5.41, 5.74) is 6.13. The average Bonchev–Trinajstić information content (AvgIpc) is 2.27. The molecule has 1 aromatic rings. The quantitative estimate of drug-likeness (QED) is 0.826. The molecule has 0 aliphatic rings. The van der Waals surface area contributed by atoms with Crippen molar-refractivity contribution in [3.63, 3.8) is 0 Å². The molecule has 1 aromatic carbocycles. The van der Waals surface area contributed by atoms with Crippen LogP contribution in [0.5, 0.6) is 11.5 Å². The fourth-order valence-corrected chi connectivity index (χ4v) is 1.64. The molecule has 0 bridgehead atoms. The minimum absolute atomic E-state index is 0.0401. The first kappa shape index (κ1) is 12.4. The molecule has 0 saturated carbocycles. The molecule has 0 heterocycles. The van der Waals surface area contributed by atoms with Gasteiger partial charge in [-0.1, -0.05) is 13.0 Å². The molecule has 16 heavy (non-hydrogen) atoms. The smallest absolute Gasteiger partial charge is 0.218 e. The Morgan fingerprint density at radius 3 is 2.56 bits per heavy atom. The van der Waals surface area contributed by atoms with Crippen molar-refractivity contribution in [1.82, 2.24) is 0 Å². The molecule has 0 aliphatic heterocycles. The van der Waals surface area contributed by atoms with Crippen molar-refractivity contribution < 1.29 is 14.3 Å². The molecule has 88 valence electrons. The highest BCUT2D eigenvalue weighted by Crippen LogP contribution is 2.31. The van der Waals surface area contributed by atoms with E-state index < -0.39 is 0 Å². The molecule has 1 unspecified atom stereocenters. The zero-order valence-corrected chi connectivity index (χ0v) is 9.82. The largest absolute Gasteiger partial charge is 0.497 e. The first-order chi connectivity index (χ1) is 7.58. The van der Waals surface area contributed by atoms with Gasteiger partial charge in [0, 0.05) is 12.5 Å². The van der Waals surface area contributed by atoms with Gasteiger partial charge >= 0.3 is 0 Å². The molecule has 0 aromatic heterocycles. The van der Waals surface area contributed by atoms with Gasteiger partial charge in [-0.25, -0.2) is 0 Å². The van der Waals surface area contributed by atoms with Gasteiger partial charge in [0.2, 0.25) is 5.91 Å². The highest BCUT2D eigenvalue weighted by molar-refractivity contribution is 5.74. The Kier molecular flexibility index (Phi) is 4.17. The maximum absolute atomic E-state index is 10.9. The molecule has 0 spiro atoms. The van der Waals surface area contributed by atoms with E-state index in [0.717, 1.165) is 11.3 Å². The maximum Gasteiger partial charge on any atom is 0.218 e. The van der Waals surface area contributed by atoms with Crippen molar-refractivity contribution in [3.05, 3.63) is 23.8 Å². The molecule has 1 rings (SSSR count). The van der Waals surface area contributed by atoms with E-state index in [1.807, 2.05) is 19.1 Å². The summed E-state index contributed by atoms with van der Waals surface area (Å²) in [5.74, 6) is 1.17. The van der Waals surface area contributed by atoms with E-state index in [4.69, 9.17) is 15.2 Å². The standard InChI is InChI=1S/C12H17NO3/c1-8(6-12(13)14)10-5-4-9(15-2)7-11(10)16-3/h4-5,7-8H,6H2,1-3H3,(H2,13,14). The van der Waals surface area contributed by atoms with Gasteiger partial charge in [0.05, 0.1) is 14.2 Å². The Hall–Kier alpha value is -1.71. The summed E-state index contributed by atoms with van der Waals surface area (Å²) in [6.07, 6.45) is 0.308. The van der Waals surface area contributed by atoms with E-state index >= 15 is 0 Å². The van der Waals surface area contributed by atoms with Gasteiger partial charge < -0.3 is 15.2 Å². The molecular formula is C12H17NO3. The number of carbonyl (C=O) groups is 1. The third-order valence-corrected chi connectivity index (χ3v) is 2.48. The lowest BCUT2D eigenvalue weighted by molar-refractivity contribution is -0.118. The van der Waals surface area contributed by atoms with E-state index in [1.54, 1.807) is 20.3 Å². The molecule has 1 atom stereocenters. The topological polar surface area (TPSA) is 61.5 Å². The minimum Gasteiger partial charge on any atom is -0.497 e. The van der Waals surface area contributed by atoms with Crippen LogP contribution in [-0.2, 0) is 4.79 Å². The summed E-state index contributed by atoms with van der Waals surface area (Å²) < 4.78 is 10.4. The Morgan fingerprint density at radius 2 is 2.06 bits per heavy atom. The lowest BCUT2D eigenvalue weighted by atomic mass is 9.96. The van der Waals surface area contributed by atoms with Gasteiger partial charge in [-0.15, -0.1) is 0 Å². The molecule has 4 nitrogen and oxygen atoms in total. The van der Waals surface area contributed by atoms with Crippen molar-refractivity contribution in [2.24, 2.45) is 5.73 Å². The molecule has 2 N–H and O–H groups in total. The van der Waals surface area contributed by atoms with E-state index in [2.05, 4.69) is 0 Å². The Morgan fingerprint density at radius 1 is 1.38 bits per heavy atom. The number of methoxy groups -OCH3 is 2. The molecule has 0 radical (unpaired) electrons. The van der Waals surface area contributed by atoms with Crippen molar-refractivity contribution in [1.29, 1.82) is 0 Å². The molecule has 0 saturated heterocycles. The molecule has 0 aliphatic carbocycles. The lowest BCUT2D eigenvalue weighted by Crippen LogP contribution is -2.14. The fourth-order valence-electron chi connectivity index (χ4n) is 1.64. The second-order valence-corrected chi connectivity index (χ2v) is 3.68. The van der Waals surface area contributed by atoms with Crippen molar-refractivity contribution in [2.45, 2.75) is 19.3 Å². The zero-order chi connectivity index (χ0) is 12.1. The third-order valence-electron chi connectivity index (χ3n) is 2.48. The number of nitrogens with two attached hydrogens (primary N) is 1. The summed E-state index contributed by atoms with van der Waals surface area (Å²) in [6.45, 7) is 1.94. The molecule has 0 fully saturated rings. The summed E-state index contributed by atoms with van der Waals surface area (Å²) in [5, 5.41) is 0. The van der Waals surface area contributed by atoms with Gasteiger partial charge in [-0.05, 0) is 17.5 Å². The third kappa shape index (κ3) is 2.89. The zero-order valence-electron chi connectivity index (χ0n) is 9.82. The van der Waals surface area contributed by atoms with E-state index in [9.17, 15) is 4.79 Å². The highest BCUT2D eigenvalue weighted by Gasteiger charge is 2.14. The molecule has 1 amide bonds. The summed E-state index contributed by atoms with van der Waals surface area (Å²) in [6, 6.07) is 5.54. The summed E-state index contributed by atoms with van der Waals surface area (Å²) in [7, 11) is 3.19. The number of hydrogen-bond donors (Lipinski definition) is 1. The number of primary amides is 1. The van der Waals surface area contributed by atoms with Crippen LogP contribution in [0.15, 0.2) is 18.2 Å². The predicted molar refractivity (Wildman–Crippen MR) is 61.8 cm³/mol. The summed E-state index contributed by atoms with van der Waals surface area (Å²) in [4.78, 5) is 10.9. The first-order valence-electron chi connectivity index (χ1n) is 5.08. The van der Waals surface area contributed by atoms with Crippen LogP contribution < -0.4 is 15.2 Å². The lowest BCUT2D eigenvalue weighted by Gasteiger charge is -2.15. The highest BCUT2D eigenvalue weighted by atomic mass is 16.5. The number of hydrogen-bond acceptors (Lipinski definition) is 3. The molecule has 4 heteroatoms. The maximum atomic E-state index is 10.9. The average molecular weight is 223 g/mol. The van der Waals surface area contributed by atoms with Gasteiger partial charge in [-0.2, -0.15) is 0 Å². The van der Waals surface area contributed by atoms with E-state index in [-0.39, 0.29) is 11.8 Å². The van der Waals surface area contributed by atoms with Crippen LogP contribution in [-0.4, -0.2) is 20.1 Å². The van der Waals surface area contributed by atoms with Crippen LogP contribution in [0.1, 0.15) is 24.8 Å². The van der Waals surface area contributed by atoms with Crippen LogP contribution in [0.4, 0.5) is 0 Å². The van der Waals surface area contributed by atoms with E-state index in [1.165, 1.54) is 0 Å². The Labute approximate surface area is 95.3 Å². The van der Waals surface area contributed by atoms with Crippen LogP contribution in [0, 0.1) is 0 Å². The number of benzene rings is 1. The SMILES string of the molecule is COc1ccc(C(C)CC(N)=O)c(OC)c1. The monoisotopic (exact) mass is 223 g/mol. The van der Waals surface area contributed by atoms with Crippen molar-refractivity contribution in [3.8, 4) is 11.5 Å².